The van der Waals surface area contributed by atoms with Gasteiger partial charge in [-0.1, -0.05) is 31.9 Å². The van der Waals surface area contributed by atoms with Crippen LogP contribution >= 0.6 is 47.8 Å². The molecule has 2 aromatic carbocycles. The summed E-state index contributed by atoms with van der Waals surface area (Å²) in [7, 11) is 0. The van der Waals surface area contributed by atoms with Gasteiger partial charge in [-0.25, -0.2) is 0 Å². The maximum absolute atomic E-state index is 11.1. The second kappa shape index (κ2) is 5.16. The second-order valence-corrected chi connectivity index (χ2v) is 7.11. The molecular weight excluding hydrogens is 454 g/mol. The Bertz CT molecular complexity index is 855. The van der Waals surface area contributed by atoms with Crippen LogP contribution in [0.4, 0.5) is 0 Å². The van der Waals surface area contributed by atoms with E-state index in [0.717, 1.165) is 35.2 Å². The third-order valence-electron chi connectivity index (χ3n) is 3.13. The van der Waals surface area contributed by atoms with E-state index in [-0.39, 0.29) is 6.54 Å². The first kappa shape index (κ1) is 14.1. The Morgan fingerprint density at radius 2 is 1.75 bits per heavy atom. The fourth-order valence-electron chi connectivity index (χ4n) is 2.42. The van der Waals surface area contributed by atoms with Crippen LogP contribution in [0.1, 0.15) is 0 Å². The highest BCUT2D eigenvalue weighted by Gasteiger charge is 2.16. The summed E-state index contributed by atoms with van der Waals surface area (Å²) in [6.45, 7) is -0.0676. The summed E-state index contributed by atoms with van der Waals surface area (Å²) < 4.78 is 4.60. The zero-order chi connectivity index (χ0) is 14.4. The molecular formula is C14H8Br3NO2. The number of halogens is 3. The van der Waals surface area contributed by atoms with E-state index in [0.29, 0.717) is 0 Å². The number of hydrogen-bond acceptors (Lipinski definition) is 1. The zero-order valence-electron chi connectivity index (χ0n) is 10.0. The minimum atomic E-state index is -0.860. The van der Waals surface area contributed by atoms with Gasteiger partial charge in [-0.05, 0) is 46.3 Å². The Balaban J connectivity index is 2.52. The molecule has 3 rings (SSSR count). The van der Waals surface area contributed by atoms with Gasteiger partial charge in [0, 0.05) is 29.7 Å². The minimum absolute atomic E-state index is 0.0676. The number of hydrogen-bond donors (Lipinski definition) is 1. The van der Waals surface area contributed by atoms with E-state index in [1.54, 1.807) is 0 Å². The van der Waals surface area contributed by atoms with E-state index in [4.69, 9.17) is 5.11 Å². The van der Waals surface area contributed by atoms with Crippen LogP contribution in [0.3, 0.4) is 0 Å². The summed E-state index contributed by atoms with van der Waals surface area (Å²) >= 11 is 10.5. The molecule has 0 radical (unpaired) electrons. The number of carbonyl (C=O) groups is 1. The molecule has 0 aliphatic heterocycles. The van der Waals surface area contributed by atoms with Crippen molar-refractivity contribution < 1.29 is 9.90 Å². The highest BCUT2D eigenvalue weighted by atomic mass is 79.9. The van der Waals surface area contributed by atoms with Crippen molar-refractivity contribution in [2.45, 2.75) is 6.54 Å². The molecule has 1 N–H and O–H groups in total. The smallest absolute Gasteiger partial charge is 0.323 e. The molecule has 0 amide bonds. The Morgan fingerprint density at radius 1 is 1.05 bits per heavy atom. The summed E-state index contributed by atoms with van der Waals surface area (Å²) in [5.74, 6) is -0.860. The van der Waals surface area contributed by atoms with Crippen LogP contribution < -0.4 is 0 Å². The number of nitrogens with zero attached hydrogens (tertiary/aromatic N) is 1. The van der Waals surface area contributed by atoms with E-state index in [1.807, 2.05) is 34.9 Å². The quantitative estimate of drug-likeness (QED) is 0.572. The van der Waals surface area contributed by atoms with Crippen molar-refractivity contribution in [3.05, 3.63) is 43.7 Å². The summed E-state index contributed by atoms with van der Waals surface area (Å²) in [6.07, 6.45) is 0. The van der Waals surface area contributed by atoms with Crippen molar-refractivity contribution in [3.8, 4) is 0 Å². The van der Waals surface area contributed by atoms with Crippen LogP contribution in [-0.2, 0) is 11.3 Å². The van der Waals surface area contributed by atoms with Gasteiger partial charge in [0.05, 0.1) is 5.52 Å². The molecule has 3 aromatic rings. The maximum Gasteiger partial charge on any atom is 0.323 e. The predicted molar refractivity (Wildman–Crippen MR) is 90.2 cm³/mol. The second-order valence-electron chi connectivity index (χ2n) is 4.43. The third kappa shape index (κ3) is 2.29. The van der Waals surface area contributed by atoms with Crippen molar-refractivity contribution in [2.75, 3.05) is 0 Å². The van der Waals surface area contributed by atoms with Gasteiger partial charge in [0.15, 0.2) is 0 Å². The lowest BCUT2D eigenvalue weighted by atomic mass is 10.2. The van der Waals surface area contributed by atoms with Gasteiger partial charge >= 0.3 is 5.97 Å². The molecule has 0 saturated heterocycles. The molecule has 3 nitrogen and oxygen atoms in total. The van der Waals surface area contributed by atoms with Crippen LogP contribution in [0.25, 0.3) is 21.8 Å². The third-order valence-corrected chi connectivity index (χ3v) is 4.69. The highest BCUT2D eigenvalue weighted by molar-refractivity contribution is 9.11. The van der Waals surface area contributed by atoms with Crippen molar-refractivity contribution >= 4 is 75.6 Å². The lowest BCUT2D eigenvalue weighted by molar-refractivity contribution is -0.137. The first-order valence-electron chi connectivity index (χ1n) is 5.75. The molecule has 1 aromatic heterocycles. The number of fused-ring (bicyclic) bond motifs is 3. The SMILES string of the molecule is O=C(O)Cn1c2ccc(Br)cc2c2cc(Br)cc(Br)c21. The van der Waals surface area contributed by atoms with Gasteiger partial charge in [-0.15, -0.1) is 0 Å². The number of rotatable bonds is 2. The standard InChI is InChI=1S/C14H8Br3NO2/c15-7-1-2-12-9(3-7)10-4-8(16)5-11(17)14(10)18(12)6-13(19)20/h1-5H,6H2,(H,19,20). The molecule has 102 valence electrons. The zero-order valence-corrected chi connectivity index (χ0v) is 14.8. The maximum atomic E-state index is 11.1. The summed E-state index contributed by atoms with van der Waals surface area (Å²) in [6, 6.07) is 9.79. The molecule has 0 unspecified atom stereocenters. The largest absolute Gasteiger partial charge is 0.480 e. The van der Waals surface area contributed by atoms with E-state index in [2.05, 4.69) is 47.8 Å². The van der Waals surface area contributed by atoms with Crippen LogP contribution in [0, 0.1) is 0 Å². The molecule has 0 aliphatic rings. The Hall–Kier alpha value is -0.850. The van der Waals surface area contributed by atoms with Gasteiger partial charge < -0.3 is 9.67 Å². The molecule has 0 saturated carbocycles. The molecule has 0 spiro atoms. The normalized spacial score (nSPS) is 11.3. The summed E-state index contributed by atoms with van der Waals surface area (Å²) in [4.78, 5) is 11.1. The number of benzene rings is 2. The summed E-state index contributed by atoms with van der Waals surface area (Å²) in [5.41, 5.74) is 1.80. The average molecular weight is 462 g/mol. The molecule has 0 aliphatic carbocycles. The van der Waals surface area contributed by atoms with Gasteiger partial charge in [-0.2, -0.15) is 0 Å². The first-order chi connectivity index (χ1) is 9.47. The topological polar surface area (TPSA) is 42.2 Å². The molecule has 1 heterocycles. The van der Waals surface area contributed by atoms with Gasteiger partial charge in [0.25, 0.3) is 0 Å². The Labute approximate surface area is 140 Å². The van der Waals surface area contributed by atoms with E-state index in [9.17, 15) is 4.79 Å². The number of carboxylic acids is 1. The fourth-order valence-corrected chi connectivity index (χ4v) is 4.23. The van der Waals surface area contributed by atoms with Crippen molar-refractivity contribution in [1.29, 1.82) is 0 Å². The van der Waals surface area contributed by atoms with E-state index in [1.165, 1.54) is 0 Å². The lowest BCUT2D eigenvalue weighted by Gasteiger charge is -2.05. The minimum Gasteiger partial charge on any atom is -0.480 e. The predicted octanol–water partition coefficient (Wildman–Crippen LogP) is 5.17. The Kier molecular flexibility index (Phi) is 3.64. The van der Waals surface area contributed by atoms with Gasteiger partial charge in [-0.3, -0.25) is 4.79 Å². The van der Waals surface area contributed by atoms with Crippen LogP contribution in [0.2, 0.25) is 0 Å². The monoisotopic (exact) mass is 459 g/mol. The van der Waals surface area contributed by atoms with Gasteiger partial charge in [0.2, 0.25) is 0 Å². The number of aliphatic carboxylic acids is 1. The number of carboxylic acid groups (broad SMARTS) is 1. The summed E-state index contributed by atoms with van der Waals surface area (Å²) in [5, 5.41) is 11.2. The van der Waals surface area contributed by atoms with E-state index < -0.39 is 5.97 Å². The van der Waals surface area contributed by atoms with Crippen molar-refractivity contribution in [1.82, 2.24) is 4.57 Å². The first-order valence-corrected chi connectivity index (χ1v) is 8.13. The number of aromatic nitrogens is 1. The lowest BCUT2D eigenvalue weighted by Crippen LogP contribution is -2.08. The van der Waals surface area contributed by atoms with Crippen molar-refractivity contribution in [3.63, 3.8) is 0 Å². The highest BCUT2D eigenvalue weighted by Crippen LogP contribution is 2.37. The molecule has 0 fully saturated rings. The molecule has 0 bridgehead atoms. The molecule has 0 atom stereocenters. The molecule has 20 heavy (non-hydrogen) atoms. The van der Waals surface area contributed by atoms with E-state index >= 15 is 0 Å². The Morgan fingerprint density at radius 3 is 2.45 bits per heavy atom. The van der Waals surface area contributed by atoms with Crippen LogP contribution in [0.5, 0.6) is 0 Å². The van der Waals surface area contributed by atoms with Gasteiger partial charge in [0.1, 0.15) is 6.54 Å². The van der Waals surface area contributed by atoms with Crippen LogP contribution in [0.15, 0.2) is 43.7 Å². The van der Waals surface area contributed by atoms with Crippen LogP contribution in [-0.4, -0.2) is 15.6 Å². The molecule has 6 heteroatoms. The fraction of sp³-hybridized carbons (Fsp3) is 0.0714. The average Bonchev–Trinajstić information content (AvgIpc) is 2.63. The van der Waals surface area contributed by atoms with Crippen molar-refractivity contribution in [2.24, 2.45) is 0 Å².